The molecule has 2 fully saturated rings. The summed E-state index contributed by atoms with van der Waals surface area (Å²) in [6.07, 6.45) is 7.61. The van der Waals surface area contributed by atoms with Crippen LogP contribution in [0.1, 0.15) is 84.0 Å². The van der Waals surface area contributed by atoms with E-state index >= 15 is 0 Å². The maximum absolute atomic E-state index is 6.07. The topological polar surface area (TPSA) is 93.8 Å². The summed E-state index contributed by atoms with van der Waals surface area (Å²) in [7, 11) is 0. The van der Waals surface area contributed by atoms with Gasteiger partial charge in [-0.3, -0.25) is 0 Å². The van der Waals surface area contributed by atoms with Crippen LogP contribution < -0.4 is 10.6 Å². The molecule has 2 saturated carbocycles. The van der Waals surface area contributed by atoms with Gasteiger partial charge in [-0.15, -0.1) is 0 Å². The van der Waals surface area contributed by atoms with Crippen LogP contribution in [0.25, 0.3) is 0 Å². The van der Waals surface area contributed by atoms with Crippen molar-refractivity contribution in [2.24, 2.45) is 10.4 Å². The summed E-state index contributed by atoms with van der Waals surface area (Å²) < 4.78 is 16.9. The van der Waals surface area contributed by atoms with Crippen LogP contribution in [0.5, 0.6) is 0 Å². The van der Waals surface area contributed by atoms with Crippen LogP contribution in [0.2, 0.25) is 0 Å². The van der Waals surface area contributed by atoms with Crippen molar-refractivity contribution in [3.63, 3.8) is 0 Å². The molecule has 2 N–H and O–H groups in total. The molecule has 0 bridgehead atoms. The fraction of sp³-hybridized carbons (Fsp3) is 0.857. The Bertz CT molecular complexity index is 656. The average Bonchev–Trinajstić information content (AvgIpc) is 3.21. The van der Waals surface area contributed by atoms with E-state index < -0.39 is 0 Å². The Morgan fingerprint density at radius 3 is 2.72 bits per heavy atom. The van der Waals surface area contributed by atoms with Gasteiger partial charge in [0.2, 0.25) is 5.89 Å². The molecule has 2 aliphatic carbocycles. The van der Waals surface area contributed by atoms with Gasteiger partial charge in [0.15, 0.2) is 11.8 Å². The van der Waals surface area contributed by atoms with Gasteiger partial charge in [0.1, 0.15) is 12.6 Å². The molecule has 1 spiro atoms. The highest BCUT2D eigenvalue weighted by molar-refractivity contribution is 5.80. The highest BCUT2D eigenvalue weighted by Gasteiger charge is 2.55. The van der Waals surface area contributed by atoms with Crippen molar-refractivity contribution < 1.29 is 14.0 Å². The van der Waals surface area contributed by atoms with Gasteiger partial charge in [-0.2, -0.15) is 4.98 Å². The molecule has 164 valence electrons. The lowest BCUT2D eigenvalue weighted by Gasteiger charge is -2.57. The van der Waals surface area contributed by atoms with Crippen molar-refractivity contribution in [2.75, 3.05) is 19.8 Å². The maximum Gasteiger partial charge on any atom is 0.248 e. The summed E-state index contributed by atoms with van der Waals surface area (Å²) in [4.78, 5) is 9.10. The predicted octanol–water partition coefficient (Wildman–Crippen LogP) is 3.35. The quantitative estimate of drug-likeness (QED) is 0.479. The molecule has 1 heterocycles. The third-order valence-corrected chi connectivity index (χ3v) is 6.23. The third kappa shape index (κ3) is 5.09. The zero-order valence-corrected chi connectivity index (χ0v) is 18.4. The molecule has 1 aromatic heterocycles. The molecule has 0 aromatic carbocycles. The number of aromatic nitrogens is 2. The van der Waals surface area contributed by atoms with Crippen LogP contribution >= 0.6 is 0 Å². The zero-order chi connectivity index (χ0) is 20.7. The van der Waals surface area contributed by atoms with Gasteiger partial charge in [-0.05, 0) is 47.0 Å². The van der Waals surface area contributed by atoms with Crippen molar-refractivity contribution in [1.82, 2.24) is 20.8 Å². The van der Waals surface area contributed by atoms with Crippen LogP contribution in [-0.2, 0) is 16.0 Å². The summed E-state index contributed by atoms with van der Waals surface area (Å²) in [5.74, 6) is 1.86. The van der Waals surface area contributed by atoms with Crippen LogP contribution in [0, 0.1) is 5.41 Å². The lowest BCUT2D eigenvalue weighted by molar-refractivity contribution is -0.145. The zero-order valence-electron chi connectivity index (χ0n) is 18.4. The van der Waals surface area contributed by atoms with E-state index in [1.54, 1.807) is 0 Å². The fourth-order valence-corrected chi connectivity index (χ4v) is 4.72. The van der Waals surface area contributed by atoms with Gasteiger partial charge in [0.05, 0.1) is 6.10 Å². The van der Waals surface area contributed by atoms with Crippen LogP contribution in [0.4, 0.5) is 0 Å². The Morgan fingerprint density at radius 2 is 2.03 bits per heavy atom. The third-order valence-electron chi connectivity index (χ3n) is 6.23. The average molecular weight is 408 g/mol. The highest BCUT2D eigenvalue weighted by atomic mass is 16.5. The van der Waals surface area contributed by atoms with Gasteiger partial charge in [0, 0.05) is 31.2 Å². The molecule has 8 heteroatoms. The Hall–Kier alpha value is -1.67. The van der Waals surface area contributed by atoms with E-state index in [0.29, 0.717) is 37.0 Å². The first-order valence-corrected chi connectivity index (χ1v) is 11.2. The monoisotopic (exact) mass is 407 g/mol. The lowest BCUT2D eigenvalue weighted by atomic mass is 9.55. The second-order valence-corrected chi connectivity index (χ2v) is 8.01. The second-order valence-electron chi connectivity index (χ2n) is 8.01. The lowest BCUT2D eigenvalue weighted by Crippen LogP contribution is -2.66. The molecular formula is C21H37N5O3. The van der Waals surface area contributed by atoms with E-state index in [9.17, 15) is 0 Å². The molecule has 3 unspecified atom stereocenters. The molecule has 0 aliphatic heterocycles. The summed E-state index contributed by atoms with van der Waals surface area (Å²) in [6.45, 7) is 10.6. The Kier molecular flexibility index (Phi) is 7.89. The molecule has 0 radical (unpaired) electrons. The molecule has 0 saturated heterocycles. The molecule has 29 heavy (non-hydrogen) atoms. The van der Waals surface area contributed by atoms with Crippen LogP contribution in [0.15, 0.2) is 9.52 Å². The number of rotatable bonds is 9. The standard InChI is InChI=1S/C21H37N5O3/c1-5-22-20(23-14-18-25-19(26-29-18)15(4)27-6-2)24-16-13-17(28-7-3)21(16)11-9-8-10-12-21/h15-17H,5-14H2,1-4H3,(H2,22,23,24). The second kappa shape index (κ2) is 10.4. The number of nitrogens with one attached hydrogen (secondary N) is 2. The maximum atomic E-state index is 6.07. The number of ether oxygens (including phenoxy) is 2. The smallest absolute Gasteiger partial charge is 0.248 e. The number of hydrogen-bond acceptors (Lipinski definition) is 6. The molecule has 3 atom stereocenters. The summed E-state index contributed by atoms with van der Waals surface area (Å²) in [6, 6.07) is 0.397. The van der Waals surface area contributed by atoms with E-state index in [0.717, 1.165) is 25.5 Å². The van der Waals surface area contributed by atoms with E-state index in [1.807, 2.05) is 13.8 Å². The SMILES string of the molecule is CCNC(=NCc1nc(C(C)OCC)no1)NC1CC(OCC)C12CCCCC2. The Labute approximate surface area is 174 Å². The fourth-order valence-electron chi connectivity index (χ4n) is 4.72. The first-order valence-electron chi connectivity index (χ1n) is 11.2. The van der Waals surface area contributed by atoms with Gasteiger partial charge in [-0.1, -0.05) is 24.4 Å². The van der Waals surface area contributed by atoms with Crippen molar-refractivity contribution in [2.45, 2.75) is 91.0 Å². The van der Waals surface area contributed by atoms with Crippen molar-refractivity contribution in [3.8, 4) is 0 Å². The van der Waals surface area contributed by atoms with E-state index in [-0.39, 0.29) is 11.5 Å². The van der Waals surface area contributed by atoms with Crippen molar-refractivity contribution in [1.29, 1.82) is 0 Å². The number of guanidine groups is 1. The predicted molar refractivity (Wildman–Crippen MR) is 112 cm³/mol. The Morgan fingerprint density at radius 1 is 1.24 bits per heavy atom. The van der Waals surface area contributed by atoms with E-state index in [1.165, 1.54) is 32.1 Å². The largest absolute Gasteiger partial charge is 0.378 e. The molecule has 3 rings (SSSR count). The highest BCUT2D eigenvalue weighted by Crippen LogP contribution is 2.53. The van der Waals surface area contributed by atoms with Crippen molar-refractivity contribution in [3.05, 3.63) is 11.7 Å². The molecule has 0 amide bonds. The summed E-state index contributed by atoms with van der Waals surface area (Å²) in [5.41, 5.74) is 0.245. The number of hydrogen-bond donors (Lipinski definition) is 2. The van der Waals surface area contributed by atoms with Gasteiger partial charge in [-0.25, -0.2) is 4.99 Å². The van der Waals surface area contributed by atoms with Gasteiger partial charge < -0.3 is 24.6 Å². The van der Waals surface area contributed by atoms with Crippen LogP contribution in [0.3, 0.4) is 0 Å². The van der Waals surface area contributed by atoms with Gasteiger partial charge >= 0.3 is 0 Å². The van der Waals surface area contributed by atoms with Crippen LogP contribution in [-0.4, -0.2) is 48.0 Å². The minimum atomic E-state index is -0.176. The van der Waals surface area contributed by atoms with Gasteiger partial charge in [0.25, 0.3) is 0 Å². The molecular weight excluding hydrogens is 370 g/mol. The minimum Gasteiger partial charge on any atom is -0.378 e. The first-order chi connectivity index (χ1) is 14.1. The summed E-state index contributed by atoms with van der Waals surface area (Å²) in [5, 5.41) is 11.0. The van der Waals surface area contributed by atoms with E-state index in [2.05, 4.69) is 39.6 Å². The normalized spacial score (nSPS) is 24.9. The summed E-state index contributed by atoms with van der Waals surface area (Å²) >= 11 is 0. The van der Waals surface area contributed by atoms with E-state index in [4.69, 9.17) is 14.0 Å². The number of nitrogens with zero attached hydrogens (tertiary/aromatic N) is 3. The molecule has 2 aliphatic rings. The number of aliphatic imine (C=N–C) groups is 1. The molecule has 1 aromatic rings. The molecule has 8 nitrogen and oxygen atoms in total. The van der Waals surface area contributed by atoms with Crippen molar-refractivity contribution >= 4 is 5.96 Å². The minimum absolute atomic E-state index is 0.176. The first kappa shape index (κ1) is 22.0. The Balaban J connectivity index is 1.63.